The smallest absolute Gasteiger partial charge is 0.0585 e. The SMILES string of the molecule is CC(C)C1CCC(OC2CC(CN3CCC(C(C)C)CC3)C2)CC1. The molecule has 0 amide bonds. The van der Waals surface area contributed by atoms with E-state index >= 15 is 0 Å². The fraction of sp³-hybridized carbons (Fsp3) is 1.00. The van der Waals surface area contributed by atoms with Crippen LogP contribution >= 0.6 is 0 Å². The zero-order chi connectivity index (χ0) is 17.1. The van der Waals surface area contributed by atoms with E-state index in [4.69, 9.17) is 4.74 Å². The lowest BCUT2D eigenvalue weighted by molar-refractivity contribution is -0.0973. The predicted molar refractivity (Wildman–Crippen MR) is 102 cm³/mol. The zero-order valence-electron chi connectivity index (χ0n) is 16.7. The van der Waals surface area contributed by atoms with E-state index in [2.05, 4.69) is 32.6 Å². The van der Waals surface area contributed by atoms with Crippen molar-refractivity contribution in [3.63, 3.8) is 0 Å². The van der Waals surface area contributed by atoms with Crippen LogP contribution in [0.15, 0.2) is 0 Å². The van der Waals surface area contributed by atoms with E-state index < -0.39 is 0 Å². The van der Waals surface area contributed by atoms with Crippen molar-refractivity contribution >= 4 is 0 Å². The van der Waals surface area contributed by atoms with Crippen molar-refractivity contribution in [3.05, 3.63) is 0 Å². The molecule has 2 aliphatic carbocycles. The van der Waals surface area contributed by atoms with Gasteiger partial charge in [0.1, 0.15) is 0 Å². The minimum atomic E-state index is 0.577. The Morgan fingerprint density at radius 1 is 0.750 bits per heavy atom. The molecule has 3 aliphatic rings. The summed E-state index contributed by atoms with van der Waals surface area (Å²) in [5.41, 5.74) is 0. The summed E-state index contributed by atoms with van der Waals surface area (Å²) in [5, 5.41) is 0. The van der Waals surface area contributed by atoms with E-state index in [1.807, 2.05) is 0 Å². The molecule has 2 nitrogen and oxygen atoms in total. The normalized spacial score (nSPS) is 36.2. The third-order valence-corrected chi connectivity index (χ3v) is 7.33. The van der Waals surface area contributed by atoms with E-state index in [0.717, 1.165) is 29.6 Å². The van der Waals surface area contributed by atoms with Crippen molar-refractivity contribution in [2.45, 2.75) is 91.3 Å². The topological polar surface area (TPSA) is 12.5 Å². The monoisotopic (exact) mass is 335 g/mol. The first-order valence-corrected chi connectivity index (χ1v) is 10.9. The van der Waals surface area contributed by atoms with Crippen molar-refractivity contribution in [2.75, 3.05) is 19.6 Å². The van der Waals surface area contributed by atoms with Gasteiger partial charge in [-0.25, -0.2) is 0 Å². The quantitative estimate of drug-likeness (QED) is 0.647. The molecule has 0 aromatic rings. The molecule has 2 heteroatoms. The van der Waals surface area contributed by atoms with Gasteiger partial charge in [0.2, 0.25) is 0 Å². The highest BCUT2D eigenvalue weighted by Gasteiger charge is 2.35. The summed E-state index contributed by atoms with van der Waals surface area (Å²) >= 11 is 0. The van der Waals surface area contributed by atoms with Crippen LogP contribution in [0.5, 0.6) is 0 Å². The molecule has 3 rings (SSSR count). The lowest BCUT2D eigenvalue weighted by Gasteiger charge is -2.43. The second-order valence-corrected chi connectivity index (χ2v) is 9.76. The fourth-order valence-electron chi connectivity index (χ4n) is 5.27. The summed E-state index contributed by atoms with van der Waals surface area (Å²) in [5.74, 6) is 4.57. The van der Waals surface area contributed by atoms with Gasteiger partial charge in [0.15, 0.2) is 0 Å². The fourth-order valence-corrected chi connectivity index (χ4v) is 5.27. The van der Waals surface area contributed by atoms with Crippen LogP contribution in [0.25, 0.3) is 0 Å². The number of nitrogens with zero attached hydrogens (tertiary/aromatic N) is 1. The van der Waals surface area contributed by atoms with Crippen molar-refractivity contribution in [1.82, 2.24) is 4.90 Å². The molecule has 0 N–H and O–H groups in total. The molecule has 1 heterocycles. The zero-order valence-corrected chi connectivity index (χ0v) is 16.7. The van der Waals surface area contributed by atoms with Gasteiger partial charge in [-0.2, -0.15) is 0 Å². The molecule has 0 spiro atoms. The number of hydrogen-bond donors (Lipinski definition) is 0. The minimum Gasteiger partial charge on any atom is -0.375 e. The van der Waals surface area contributed by atoms with Gasteiger partial charge in [0.05, 0.1) is 12.2 Å². The Labute approximate surface area is 150 Å². The van der Waals surface area contributed by atoms with Crippen LogP contribution in [0.4, 0.5) is 0 Å². The molecule has 0 aromatic carbocycles. The first-order chi connectivity index (χ1) is 11.5. The van der Waals surface area contributed by atoms with Gasteiger partial charge >= 0.3 is 0 Å². The largest absolute Gasteiger partial charge is 0.375 e. The van der Waals surface area contributed by atoms with Gasteiger partial charge in [-0.05, 0) is 94.0 Å². The number of piperidine rings is 1. The van der Waals surface area contributed by atoms with E-state index in [1.54, 1.807) is 0 Å². The third-order valence-electron chi connectivity index (χ3n) is 7.33. The molecule has 0 atom stereocenters. The van der Waals surface area contributed by atoms with Crippen LogP contribution < -0.4 is 0 Å². The van der Waals surface area contributed by atoms with Gasteiger partial charge in [-0.3, -0.25) is 0 Å². The Hall–Kier alpha value is -0.0800. The molecule has 24 heavy (non-hydrogen) atoms. The van der Waals surface area contributed by atoms with Crippen LogP contribution in [-0.2, 0) is 4.74 Å². The molecular weight excluding hydrogens is 294 g/mol. The number of rotatable bonds is 6. The summed E-state index contributed by atoms with van der Waals surface area (Å²) in [6.45, 7) is 13.6. The maximum absolute atomic E-state index is 6.40. The third kappa shape index (κ3) is 4.97. The van der Waals surface area contributed by atoms with Gasteiger partial charge < -0.3 is 9.64 Å². The van der Waals surface area contributed by atoms with Crippen LogP contribution in [0.2, 0.25) is 0 Å². The molecular formula is C22H41NO. The average Bonchev–Trinajstić information content (AvgIpc) is 2.53. The molecule has 3 fully saturated rings. The Morgan fingerprint density at radius 2 is 1.29 bits per heavy atom. The summed E-state index contributed by atoms with van der Waals surface area (Å²) in [6, 6.07) is 0. The Balaban J connectivity index is 1.27. The lowest BCUT2D eigenvalue weighted by atomic mass is 9.79. The molecule has 140 valence electrons. The highest BCUT2D eigenvalue weighted by molar-refractivity contribution is 4.86. The van der Waals surface area contributed by atoms with Crippen LogP contribution in [0, 0.1) is 29.6 Å². The van der Waals surface area contributed by atoms with Crippen LogP contribution in [0.1, 0.15) is 79.1 Å². The van der Waals surface area contributed by atoms with E-state index in [-0.39, 0.29) is 0 Å². The maximum Gasteiger partial charge on any atom is 0.0585 e. The Morgan fingerprint density at radius 3 is 1.83 bits per heavy atom. The standard InChI is InChI=1S/C22H41NO/c1-16(2)19-5-7-21(8-6-19)24-22-13-18(14-22)15-23-11-9-20(10-12-23)17(3)4/h16-22H,5-15H2,1-4H3. The summed E-state index contributed by atoms with van der Waals surface area (Å²) in [4.78, 5) is 2.73. The summed E-state index contributed by atoms with van der Waals surface area (Å²) in [6.07, 6.45) is 12.1. The summed E-state index contributed by atoms with van der Waals surface area (Å²) < 4.78 is 6.40. The highest BCUT2D eigenvalue weighted by Crippen LogP contribution is 2.37. The molecule has 0 unspecified atom stereocenters. The Kier molecular flexibility index (Phi) is 6.65. The van der Waals surface area contributed by atoms with Gasteiger partial charge in [0, 0.05) is 6.54 Å². The maximum atomic E-state index is 6.40. The Bertz CT molecular complexity index is 324. The van der Waals surface area contributed by atoms with Crippen LogP contribution in [0.3, 0.4) is 0 Å². The van der Waals surface area contributed by atoms with Gasteiger partial charge in [-0.15, -0.1) is 0 Å². The molecule has 0 radical (unpaired) electrons. The van der Waals surface area contributed by atoms with E-state index in [0.29, 0.717) is 12.2 Å². The van der Waals surface area contributed by atoms with Crippen molar-refractivity contribution < 1.29 is 4.74 Å². The molecule has 1 saturated heterocycles. The second kappa shape index (κ2) is 8.54. The second-order valence-electron chi connectivity index (χ2n) is 9.76. The van der Waals surface area contributed by atoms with E-state index in [9.17, 15) is 0 Å². The number of likely N-dealkylation sites (tertiary alicyclic amines) is 1. The average molecular weight is 336 g/mol. The summed E-state index contributed by atoms with van der Waals surface area (Å²) in [7, 11) is 0. The van der Waals surface area contributed by atoms with Crippen LogP contribution in [-0.4, -0.2) is 36.7 Å². The molecule has 1 aliphatic heterocycles. The first kappa shape index (κ1) is 18.7. The molecule has 0 bridgehead atoms. The molecule has 0 aromatic heterocycles. The first-order valence-electron chi connectivity index (χ1n) is 10.9. The van der Waals surface area contributed by atoms with Crippen molar-refractivity contribution in [2.24, 2.45) is 29.6 Å². The van der Waals surface area contributed by atoms with E-state index in [1.165, 1.54) is 71.0 Å². The van der Waals surface area contributed by atoms with Crippen molar-refractivity contribution in [3.8, 4) is 0 Å². The minimum absolute atomic E-state index is 0.577. The number of ether oxygens (including phenoxy) is 1. The molecule has 2 saturated carbocycles. The van der Waals surface area contributed by atoms with Gasteiger partial charge in [0.25, 0.3) is 0 Å². The van der Waals surface area contributed by atoms with Crippen molar-refractivity contribution in [1.29, 1.82) is 0 Å². The lowest BCUT2D eigenvalue weighted by Crippen LogP contribution is -2.44. The number of hydrogen-bond acceptors (Lipinski definition) is 2. The highest BCUT2D eigenvalue weighted by atomic mass is 16.5. The van der Waals surface area contributed by atoms with Gasteiger partial charge in [-0.1, -0.05) is 27.7 Å². The predicted octanol–water partition coefficient (Wildman–Crippen LogP) is 5.36.